The highest BCUT2D eigenvalue weighted by Gasteiger charge is 2.10. The van der Waals surface area contributed by atoms with Crippen LogP contribution in [0.2, 0.25) is 0 Å². The predicted octanol–water partition coefficient (Wildman–Crippen LogP) is 0.696. The fraction of sp³-hybridized carbons (Fsp3) is 1.00. The molecule has 1 fully saturated rings. The van der Waals surface area contributed by atoms with Crippen molar-refractivity contribution >= 4 is 0 Å². The predicted molar refractivity (Wildman–Crippen MR) is 39.3 cm³/mol. The van der Waals surface area contributed by atoms with Gasteiger partial charge in [0.2, 0.25) is 0 Å². The van der Waals surface area contributed by atoms with Gasteiger partial charge in [-0.1, -0.05) is 19.8 Å². The van der Waals surface area contributed by atoms with E-state index >= 15 is 0 Å². The second kappa shape index (κ2) is 3.85. The third-order valence-electron chi connectivity index (χ3n) is 1.81. The lowest BCUT2D eigenvalue weighted by Gasteiger charge is -2.05. The third kappa shape index (κ3) is 2.33. The minimum Gasteiger partial charge on any atom is -0.303 e. The lowest BCUT2D eigenvalue weighted by atomic mass is 10.1. The monoisotopic (exact) mass is 128 g/mol. The zero-order valence-corrected chi connectivity index (χ0v) is 6.11. The van der Waals surface area contributed by atoms with Gasteiger partial charge in [-0.15, -0.1) is 0 Å². The maximum absolute atomic E-state index is 3.38. The van der Waals surface area contributed by atoms with E-state index < -0.39 is 0 Å². The Labute approximate surface area is 57.0 Å². The van der Waals surface area contributed by atoms with E-state index in [0.717, 1.165) is 12.7 Å². The van der Waals surface area contributed by atoms with Crippen molar-refractivity contribution < 1.29 is 0 Å². The van der Waals surface area contributed by atoms with E-state index in [2.05, 4.69) is 17.6 Å². The van der Waals surface area contributed by atoms with Gasteiger partial charge in [0.25, 0.3) is 0 Å². The molecular formula is C7H16N2. The Bertz CT molecular complexity index is 67.3. The van der Waals surface area contributed by atoms with Gasteiger partial charge >= 0.3 is 0 Å². The summed E-state index contributed by atoms with van der Waals surface area (Å²) in [6.45, 7) is 4.41. The third-order valence-corrected chi connectivity index (χ3v) is 1.81. The summed E-state index contributed by atoms with van der Waals surface area (Å²) in [5.41, 5.74) is 0. The average Bonchev–Trinajstić information content (AvgIpc) is 2.34. The second-order valence-electron chi connectivity index (χ2n) is 2.67. The molecule has 1 saturated heterocycles. The molecule has 1 heterocycles. The van der Waals surface area contributed by atoms with E-state index in [-0.39, 0.29) is 0 Å². The summed E-state index contributed by atoms with van der Waals surface area (Å²) < 4.78 is 0. The topological polar surface area (TPSA) is 24.1 Å². The zero-order chi connectivity index (χ0) is 6.53. The summed E-state index contributed by atoms with van der Waals surface area (Å²) >= 11 is 0. The van der Waals surface area contributed by atoms with E-state index in [4.69, 9.17) is 0 Å². The molecular weight excluding hydrogens is 112 g/mol. The number of rotatable bonds is 3. The Morgan fingerprint density at radius 3 is 3.00 bits per heavy atom. The minimum atomic E-state index is 0.755. The van der Waals surface area contributed by atoms with Crippen molar-refractivity contribution in [3.05, 3.63) is 0 Å². The Morgan fingerprint density at radius 2 is 2.44 bits per heavy atom. The molecule has 0 unspecified atom stereocenters. The Hall–Kier alpha value is -0.0800. The first-order valence-corrected chi connectivity index (χ1v) is 3.87. The molecule has 2 heteroatoms. The molecule has 9 heavy (non-hydrogen) atoms. The Balaban J connectivity index is 1.98. The molecule has 0 spiro atoms. The number of hydrogen-bond donors (Lipinski definition) is 2. The van der Waals surface area contributed by atoms with E-state index in [1.54, 1.807) is 0 Å². The van der Waals surface area contributed by atoms with Crippen molar-refractivity contribution in [1.82, 2.24) is 10.6 Å². The smallest absolute Gasteiger partial charge is 0.0457 e. The molecule has 0 aliphatic carbocycles. The van der Waals surface area contributed by atoms with Crippen LogP contribution in [-0.2, 0) is 0 Å². The number of nitrogens with one attached hydrogen (secondary N) is 2. The van der Waals surface area contributed by atoms with Gasteiger partial charge in [0.15, 0.2) is 0 Å². The molecule has 1 aliphatic heterocycles. The lowest BCUT2D eigenvalue weighted by Crippen LogP contribution is -2.22. The van der Waals surface area contributed by atoms with Gasteiger partial charge in [-0.25, -0.2) is 0 Å². The molecule has 2 nitrogen and oxygen atoms in total. The lowest BCUT2D eigenvalue weighted by molar-refractivity contribution is 0.551. The van der Waals surface area contributed by atoms with Crippen molar-refractivity contribution in [3.8, 4) is 0 Å². The fourth-order valence-electron chi connectivity index (χ4n) is 1.19. The molecule has 0 aromatic heterocycles. The van der Waals surface area contributed by atoms with Gasteiger partial charge in [-0.3, -0.25) is 0 Å². The van der Waals surface area contributed by atoms with Gasteiger partial charge < -0.3 is 10.6 Å². The molecule has 1 aliphatic rings. The summed E-state index contributed by atoms with van der Waals surface area (Å²) in [5.74, 6) is 0. The maximum atomic E-state index is 3.38. The average molecular weight is 128 g/mol. The van der Waals surface area contributed by atoms with Crippen LogP contribution in [-0.4, -0.2) is 19.3 Å². The quantitative estimate of drug-likeness (QED) is 0.584. The molecule has 0 aromatic carbocycles. The Morgan fingerprint density at radius 1 is 1.56 bits per heavy atom. The molecule has 2 N–H and O–H groups in total. The molecule has 0 radical (unpaired) electrons. The molecule has 1 rings (SSSR count). The number of hydrogen-bond acceptors (Lipinski definition) is 2. The SMILES string of the molecule is CCCC[C@@H]1CNCN1. The molecule has 1 atom stereocenters. The first-order chi connectivity index (χ1) is 4.43. The summed E-state index contributed by atoms with van der Waals surface area (Å²) in [5, 5.41) is 6.65. The van der Waals surface area contributed by atoms with Crippen molar-refractivity contribution in [1.29, 1.82) is 0 Å². The molecule has 0 bridgehead atoms. The van der Waals surface area contributed by atoms with Crippen molar-refractivity contribution in [2.75, 3.05) is 13.2 Å². The van der Waals surface area contributed by atoms with Crippen LogP contribution in [0.25, 0.3) is 0 Å². The first kappa shape index (κ1) is 7.03. The van der Waals surface area contributed by atoms with Gasteiger partial charge in [0, 0.05) is 19.3 Å². The van der Waals surface area contributed by atoms with Crippen molar-refractivity contribution in [2.45, 2.75) is 32.2 Å². The van der Waals surface area contributed by atoms with Gasteiger partial charge in [-0.05, 0) is 6.42 Å². The normalized spacial score (nSPS) is 27.0. The van der Waals surface area contributed by atoms with E-state index in [1.165, 1.54) is 25.8 Å². The van der Waals surface area contributed by atoms with Crippen LogP contribution in [0.4, 0.5) is 0 Å². The highest BCUT2D eigenvalue weighted by atomic mass is 15.2. The van der Waals surface area contributed by atoms with Gasteiger partial charge in [-0.2, -0.15) is 0 Å². The van der Waals surface area contributed by atoms with E-state index in [9.17, 15) is 0 Å². The molecule has 54 valence electrons. The van der Waals surface area contributed by atoms with Crippen LogP contribution in [0, 0.1) is 0 Å². The molecule has 0 amide bonds. The summed E-state index contributed by atoms with van der Waals surface area (Å²) in [4.78, 5) is 0. The van der Waals surface area contributed by atoms with Crippen LogP contribution >= 0.6 is 0 Å². The van der Waals surface area contributed by atoms with Crippen LogP contribution in [0.1, 0.15) is 26.2 Å². The van der Waals surface area contributed by atoms with Crippen molar-refractivity contribution in [2.24, 2.45) is 0 Å². The zero-order valence-electron chi connectivity index (χ0n) is 6.11. The maximum Gasteiger partial charge on any atom is 0.0457 e. The highest BCUT2D eigenvalue weighted by molar-refractivity contribution is 4.74. The summed E-state index contributed by atoms with van der Waals surface area (Å²) in [7, 11) is 0. The molecule has 0 aromatic rings. The number of unbranched alkanes of at least 4 members (excludes halogenated alkanes) is 1. The highest BCUT2D eigenvalue weighted by Crippen LogP contribution is 2.01. The van der Waals surface area contributed by atoms with Crippen LogP contribution < -0.4 is 10.6 Å². The van der Waals surface area contributed by atoms with Crippen LogP contribution in [0.3, 0.4) is 0 Å². The summed E-state index contributed by atoms with van der Waals surface area (Å²) in [6, 6.07) is 0.755. The largest absolute Gasteiger partial charge is 0.303 e. The van der Waals surface area contributed by atoms with Crippen molar-refractivity contribution in [3.63, 3.8) is 0 Å². The van der Waals surface area contributed by atoms with Gasteiger partial charge in [0.05, 0.1) is 0 Å². The van der Waals surface area contributed by atoms with Crippen LogP contribution in [0.15, 0.2) is 0 Å². The minimum absolute atomic E-state index is 0.755. The van der Waals surface area contributed by atoms with E-state index in [0.29, 0.717) is 0 Å². The second-order valence-corrected chi connectivity index (χ2v) is 2.67. The standard InChI is InChI=1S/C7H16N2/c1-2-3-4-7-5-8-6-9-7/h7-9H,2-6H2,1H3/t7-/m1/s1. The van der Waals surface area contributed by atoms with Crippen LogP contribution in [0.5, 0.6) is 0 Å². The Kier molecular flexibility index (Phi) is 3.01. The fourth-order valence-corrected chi connectivity index (χ4v) is 1.19. The van der Waals surface area contributed by atoms with E-state index in [1.807, 2.05) is 0 Å². The summed E-state index contributed by atoms with van der Waals surface area (Å²) in [6.07, 6.45) is 4.01. The van der Waals surface area contributed by atoms with Gasteiger partial charge in [0.1, 0.15) is 0 Å². The molecule has 0 saturated carbocycles. The first-order valence-electron chi connectivity index (χ1n) is 3.87.